The number of nitrogens with two attached hydrogens (primary N) is 1. The quantitative estimate of drug-likeness (QED) is 0.666. The van der Waals surface area contributed by atoms with Crippen molar-refractivity contribution >= 4 is 0 Å². The Morgan fingerprint density at radius 2 is 2.43 bits per heavy atom. The summed E-state index contributed by atoms with van der Waals surface area (Å²) in [5, 5.41) is 0. The van der Waals surface area contributed by atoms with Crippen LogP contribution in [0.4, 0.5) is 0 Å². The van der Waals surface area contributed by atoms with Crippen LogP contribution in [0.15, 0.2) is 0 Å². The number of hydrogen-bond donors (Lipinski definition) is 1. The number of ether oxygens (including phenoxy) is 1. The maximum absolute atomic E-state index is 5.80. The Labute approximate surface area is 86.6 Å². The van der Waals surface area contributed by atoms with Gasteiger partial charge in [0.1, 0.15) is 0 Å². The number of nitrogens with zero attached hydrogens (tertiary/aromatic N) is 1. The van der Waals surface area contributed by atoms with Crippen molar-refractivity contribution in [3.8, 4) is 11.8 Å². The third-order valence-corrected chi connectivity index (χ3v) is 2.49. The average molecular weight is 196 g/mol. The fraction of sp³-hybridized carbons (Fsp3) is 0.818. The van der Waals surface area contributed by atoms with E-state index in [1.807, 2.05) is 13.8 Å². The van der Waals surface area contributed by atoms with Crippen molar-refractivity contribution in [1.29, 1.82) is 0 Å². The van der Waals surface area contributed by atoms with Crippen LogP contribution in [-0.2, 0) is 4.74 Å². The zero-order chi connectivity index (χ0) is 10.4. The van der Waals surface area contributed by atoms with Gasteiger partial charge in [-0.3, -0.25) is 4.90 Å². The molecule has 1 rings (SSSR count). The molecule has 80 valence electrons. The number of rotatable bonds is 3. The molecular formula is C11H20N2O. The molecule has 0 bridgehead atoms. The molecule has 14 heavy (non-hydrogen) atoms. The van der Waals surface area contributed by atoms with Gasteiger partial charge in [0.25, 0.3) is 0 Å². The van der Waals surface area contributed by atoms with Gasteiger partial charge in [0.15, 0.2) is 0 Å². The Hall–Kier alpha value is -0.560. The molecule has 1 heterocycles. The Morgan fingerprint density at radius 1 is 1.64 bits per heavy atom. The highest BCUT2D eigenvalue weighted by Crippen LogP contribution is 2.07. The molecule has 1 saturated heterocycles. The highest BCUT2D eigenvalue weighted by atomic mass is 16.5. The maximum atomic E-state index is 5.80. The van der Waals surface area contributed by atoms with Crippen molar-refractivity contribution in [2.45, 2.75) is 32.4 Å². The smallest absolute Gasteiger partial charge is 0.0850 e. The van der Waals surface area contributed by atoms with Crippen LogP contribution in [0.5, 0.6) is 0 Å². The lowest BCUT2D eigenvalue weighted by molar-refractivity contribution is -0.0368. The van der Waals surface area contributed by atoms with E-state index in [9.17, 15) is 0 Å². The molecule has 2 N–H and O–H groups in total. The largest absolute Gasteiger partial charge is 0.374 e. The van der Waals surface area contributed by atoms with Crippen LogP contribution in [0, 0.1) is 11.8 Å². The van der Waals surface area contributed by atoms with Crippen LogP contribution in [0.1, 0.15) is 20.3 Å². The van der Waals surface area contributed by atoms with E-state index >= 15 is 0 Å². The van der Waals surface area contributed by atoms with E-state index in [0.29, 0.717) is 0 Å². The lowest BCUT2D eigenvalue weighted by atomic mass is 10.1. The third-order valence-electron chi connectivity index (χ3n) is 2.49. The van der Waals surface area contributed by atoms with Crippen LogP contribution in [-0.4, -0.2) is 43.3 Å². The summed E-state index contributed by atoms with van der Waals surface area (Å²) >= 11 is 0. The summed E-state index contributed by atoms with van der Waals surface area (Å²) in [6, 6.07) is 0.120. The van der Waals surface area contributed by atoms with Gasteiger partial charge >= 0.3 is 0 Å². The fourth-order valence-corrected chi connectivity index (χ4v) is 1.59. The van der Waals surface area contributed by atoms with Crippen molar-refractivity contribution in [2.75, 3.05) is 26.2 Å². The summed E-state index contributed by atoms with van der Waals surface area (Å²) in [5.74, 6) is 5.98. The van der Waals surface area contributed by atoms with Gasteiger partial charge in [0.05, 0.1) is 12.7 Å². The molecule has 0 aliphatic carbocycles. The summed E-state index contributed by atoms with van der Waals surface area (Å²) in [6.45, 7) is 7.67. The molecule has 2 atom stereocenters. The highest BCUT2D eigenvalue weighted by molar-refractivity contribution is 4.95. The van der Waals surface area contributed by atoms with Gasteiger partial charge < -0.3 is 10.5 Å². The first-order valence-electron chi connectivity index (χ1n) is 5.23. The standard InChI is InChI=1S/C11H20N2O/c1-3-4-5-6-13-7-8-14-11(9-13)10(2)12/h10-11H,5-9,12H2,1-2H3. The van der Waals surface area contributed by atoms with E-state index < -0.39 is 0 Å². The van der Waals surface area contributed by atoms with Crippen LogP contribution >= 0.6 is 0 Å². The first-order valence-corrected chi connectivity index (χ1v) is 5.23. The summed E-state index contributed by atoms with van der Waals surface area (Å²) in [7, 11) is 0. The molecule has 1 fully saturated rings. The third kappa shape index (κ3) is 3.67. The highest BCUT2D eigenvalue weighted by Gasteiger charge is 2.22. The molecule has 0 radical (unpaired) electrons. The topological polar surface area (TPSA) is 38.5 Å². The number of morpholine rings is 1. The van der Waals surface area contributed by atoms with Crippen LogP contribution in [0.25, 0.3) is 0 Å². The van der Waals surface area contributed by atoms with Gasteiger partial charge in [-0.15, -0.1) is 11.8 Å². The molecule has 1 aliphatic heterocycles. The minimum atomic E-state index is 0.120. The molecule has 0 spiro atoms. The molecule has 1 aliphatic rings. The molecule has 0 saturated carbocycles. The van der Waals surface area contributed by atoms with Crippen LogP contribution < -0.4 is 5.73 Å². The SMILES string of the molecule is CC#CCCN1CCOC(C(C)N)C1. The first-order chi connectivity index (χ1) is 6.74. The molecule has 2 unspecified atom stereocenters. The molecule has 0 aromatic heterocycles. The predicted molar refractivity (Wildman–Crippen MR) is 57.9 cm³/mol. The Bertz CT molecular complexity index is 217. The van der Waals surface area contributed by atoms with E-state index in [2.05, 4.69) is 16.7 Å². The second-order valence-corrected chi connectivity index (χ2v) is 3.75. The zero-order valence-electron chi connectivity index (χ0n) is 9.12. The second kappa shape index (κ2) is 6.02. The van der Waals surface area contributed by atoms with Crippen LogP contribution in [0.2, 0.25) is 0 Å². The summed E-state index contributed by atoms with van der Waals surface area (Å²) in [5.41, 5.74) is 5.80. The molecule has 0 aromatic carbocycles. The van der Waals surface area contributed by atoms with Gasteiger partial charge in [-0.2, -0.15) is 0 Å². The minimum Gasteiger partial charge on any atom is -0.374 e. The molecular weight excluding hydrogens is 176 g/mol. The van der Waals surface area contributed by atoms with E-state index in [0.717, 1.165) is 32.7 Å². The summed E-state index contributed by atoms with van der Waals surface area (Å²) in [6.07, 6.45) is 1.14. The minimum absolute atomic E-state index is 0.120. The van der Waals surface area contributed by atoms with Gasteiger partial charge in [-0.25, -0.2) is 0 Å². The molecule has 0 amide bonds. The first kappa shape index (κ1) is 11.5. The monoisotopic (exact) mass is 196 g/mol. The maximum Gasteiger partial charge on any atom is 0.0850 e. The molecule has 3 heteroatoms. The fourth-order valence-electron chi connectivity index (χ4n) is 1.59. The van der Waals surface area contributed by atoms with Gasteiger partial charge in [-0.1, -0.05) is 0 Å². The summed E-state index contributed by atoms with van der Waals surface area (Å²) in [4.78, 5) is 2.38. The lowest BCUT2D eigenvalue weighted by Crippen LogP contribution is -2.49. The number of hydrogen-bond acceptors (Lipinski definition) is 3. The van der Waals surface area contributed by atoms with Crippen LogP contribution in [0.3, 0.4) is 0 Å². The summed E-state index contributed by atoms with van der Waals surface area (Å²) < 4.78 is 5.57. The van der Waals surface area contributed by atoms with Crippen molar-refractivity contribution < 1.29 is 4.74 Å². The van der Waals surface area contributed by atoms with E-state index in [1.54, 1.807) is 0 Å². The molecule has 0 aromatic rings. The van der Waals surface area contributed by atoms with Gasteiger partial charge in [0.2, 0.25) is 0 Å². The Morgan fingerprint density at radius 3 is 3.07 bits per heavy atom. The normalized spacial score (nSPS) is 25.2. The van der Waals surface area contributed by atoms with E-state index in [1.165, 1.54) is 0 Å². The van der Waals surface area contributed by atoms with E-state index in [4.69, 9.17) is 10.5 Å². The second-order valence-electron chi connectivity index (χ2n) is 3.75. The van der Waals surface area contributed by atoms with Gasteiger partial charge in [0, 0.05) is 32.1 Å². The van der Waals surface area contributed by atoms with E-state index in [-0.39, 0.29) is 12.1 Å². The Balaban J connectivity index is 2.27. The molecule has 3 nitrogen and oxygen atoms in total. The van der Waals surface area contributed by atoms with Crippen molar-refractivity contribution in [3.63, 3.8) is 0 Å². The van der Waals surface area contributed by atoms with Gasteiger partial charge in [-0.05, 0) is 13.8 Å². The lowest BCUT2D eigenvalue weighted by Gasteiger charge is -2.34. The predicted octanol–water partition coefficient (Wildman–Crippen LogP) is 0.448. The average Bonchev–Trinajstić information content (AvgIpc) is 2.19. The zero-order valence-corrected chi connectivity index (χ0v) is 9.12. The van der Waals surface area contributed by atoms with Crippen molar-refractivity contribution in [3.05, 3.63) is 0 Å². The van der Waals surface area contributed by atoms with Crippen molar-refractivity contribution in [1.82, 2.24) is 4.90 Å². The van der Waals surface area contributed by atoms with Crippen molar-refractivity contribution in [2.24, 2.45) is 5.73 Å². The Kier molecular flexibility index (Phi) is 4.95.